The molecule has 0 aromatic carbocycles. The zero-order valence-electron chi connectivity index (χ0n) is 12.6. The van der Waals surface area contributed by atoms with Crippen LogP contribution in [0.5, 0.6) is 0 Å². The number of H-pyrrole nitrogens is 2. The summed E-state index contributed by atoms with van der Waals surface area (Å²) in [7, 11) is 0. The summed E-state index contributed by atoms with van der Waals surface area (Å²) in [5.74, 6) is -1.90. The Morgan fingerprint density at radius 1 is 1.26 bits per heavy atom. The van der Waals surface area contributed by atoms with Gasteiger partial charge in [-0.2, -0.15) is 5.10 Å². The summed E-state index contributed by atoms with van der Waals surface area (Å²) in [6.07, 6.45) is 1.02. The van der Waals surface area contributed by atoms with Crippen LogP contribution in [0.1, 0.15) is 11.4 Å². The number of aromatic amines is 2. The summed E-state index contributed by atoms with van der Waals surface area (Å²) in [4.78, 5) is 49.7. The SMILES string of the molecule is Cc1cc(C)n(CCNC(=O)C(=O)Nc2c[nH]c(=O)[nH]c2=O)n1. The largest absolute Gasteiger partial charge is 0.346 e. The van der Waals surface area contributed by atoms with Crippen molar-refractivity contribution in [1.29, 1.82) is 0 Å². The normalized spacial score (nSPS) is 10.3. The van der Waals surface area contributed by atoms with Gasteiger partial charge in [-0.3, -0.25) is 24.0 Å². The molecule has 2 amide bonds. The molecule has 0 atom stereocenters. The van der Waals surface area contributed by atoms with E-state index in [1.165, 1.54) is 0 Å². The molecular weight excluding hydrogens is 304 g/mol. The molecule has 2 aromatic heterocycles. The fourth-order valence-corrected chi connectivity index (χ4v) is 1.94. The molecule has 122 valence electrons. The topological polar surface area (TPSA) is 142 Å². The van der Waals surface area contributed by atoms with Gasteiger partial charge in [-0.1, -0.05) is 0 Å². The van der Waals surface area contributed by atoms with E-state index in [1.807, 2.05) is 24.9 Å². The summed E-state index contributed by atoms with van der Waals surface area (Å²) in [5, 5.41) is 8.76. The fraction of sp³-hybridized carbons (Fsp3) is 0.308. The maximum Gasteiger partial charge on any atom is 0.325 e. The van der Waals surface area contributed by atoms with E-state index < -0.39 is 23.1 Å². The first-order valence-electron chi connectivity index (χ1n) is 6.79. The molecule has 2 aromatic rings. The Morgan fingerprint density at radius 2 is 2.00 bits per heavy atom. The summed E-state index contributed by atoms with van der Waals surface area (Å²) >= 11 is 0. The van der Waals surface area contributed by atoms with E-state index in [0.717, 1.165) is 17.6 Å². The molecule has 10 nitrogen and oxygen atoms in total. The van der Waals surface area contributed by atoms with Crippen LogP contribution in [0.15, 0.2) is 21.9 Å². The number of amides is 2. The van der Waals surface area contributed by atoms with E-state index in [0.29, 0.717) is 6.54 Å². The van der Waals surface area contributed by atoms with Gasteiger partial charge < -0.3 is 15.6 Å². The van der Waals surface area contributed by atoms with E-state index >= 15 is 0 Å². The molecule has 0 aliphatic carbocycles. The Kier molecular flexibility index (Phi) is 4.74. The van der Waals surface area contributed by atoms with Crippen molar-refractivity contribution in [3.05, 3.63) is 44.5 Å². The van der Waals surface area contributed by atoms with Crippen LogP contribution >= 0.6 is 0 Å². The Morgan fingerprint density at radius 3 is 2.61 bits per heavy atom. The Balaban J connectivity index is 1.88. The van der Waals surface area contributed by atoms with Crippen LogP contribution in [-0.2, 0) is 16.1 Å². The average Bonchev–Trinajstić information content (AvgIpc) is 2.79. The van der Waals surface area contributed by atoms with Crippen LogP contribution in [-0.4, -0.2) is 38.1 Å². The number of hydrogen-bond acceptors (Lipinski definition) is 5. The number of anilines is 1. The van der Waals surface area contributed by atoms with Gasteiger partial charge in [0, 0.05) is 18.4 Å². The van der Waals surface area contributed by atoms with Gasteiger partial charge in [-0.25, -0.2) is 4.79 Å². The molecule has 2 rings (SSSR count). The molecule has 0 aliphatic rings. The molecule has 4 N–H and O–H groups in total. The van der Waals surface area contributed by atoms with Gasteiger partial charge in [-0.05, 0) is 19.9 Å². The van der Waals surface area contributed by atoms with Crippen molar-refractivity contribution in [2.45, 2.75) is 20.4 Å². The van der Waals surface area contributed by atoms with Crippen LogP contribution in [0.25, 0.3) is 0 Å². The first-order chi connectivity index (χ1) is 10.9. The molecule has 2 heterocycles. The molecule has 0 bridgehead atoms. The summed E-state index contributed by atoms with van der Waals surface area (Å²) in [6, 6.07) is 1.90. The third kappa shape index (κ3) is 4.15. The Hall–Kier alpha value is -3.17. The second-order valence-electron chi connectivity index (χ2n) is 4.85. The average molecular weight is 320 g/mol. The van der Waals surface area contributed by atoms with Gasteiger partial charge in [-0.15, -0.1) is 0 Å². The Labute approximate surface area is 129 Å². The van der Waals surface area contributed by atoms with Gasteiger partial charge in [0.1, 0.15) is 5.69 Å². The molecule has 10 heteroatoms. The summed E-state index contributed by atoms with van der Waals surface area (Å²) in [5.41, 5.74) is 0.0908. The van der Waals surface area contributed by atoms with Crippen molar-refractivity contribution in [1.82, 2.24) is 25.1 Å². The van der Waals surface area contributed by atoms with Crippen molar-refractivity contribution in [2.24, 2.45) is 0 Å². The van der Waals surface area contributed by atoms with Crippen LogP contribution < -0.4 is 21.9 Å². The van der Waals surface area contributed by atoms with Gasteiger partial charge in [0.25, 0.3) is 5.56 Å². The third-order valence-electron chi connectivity index (χ3n) is 2.99. The minimum atomic E-state index is -1.00. The standard InChI is InChI=1S/C13H16N6O4/c1-7-5-8(2)19(18-7)4-3-14-11(21)12(22)16-9-6-15-13(23)17-10(9)20/h5-6H,3-4H2,1-2H3,(H,14,21)(H,16,22)(H2,15,17,20,23). The number of aryl methyl sites for hydroxylation is 2. The predicted molar refractivity (Wildman–Crippen MR) is 81.0 cm³/mol. The van der Waals surface area contributed by atoms with E-state index in [4.69, 9.17) is 0 Å². The molecule has 0 unspecified atom stereocenters. The van der Waals surface area contributed by atoms with Crippen molar-refractivity contribution < 1.29 is 9.59 Å². The van der Waals surface area contributed by atoms with Crippen LogP contribution in [0.2, 0.25) is 0 Å². The minimum Gasteiger partial charge on any atom is -0.346 e. The van der Waals surface area contributed by atoms with E-state index in [1.54, 1.807) is 4.68 Å². The lowest BCUT2D eigenvalue weighted by Crippen LogP contribution is -2.38. The highest BCUT2D eigenvalue weighted by atomic mass is 16.2. The Bertz CT molecular complexity index is 847. The number of rotatable bonds is 4. The maximum atomic E-state index is 11.7. The van der Waals surface area contributed by atoms with E-state index in [2.05, 4.69) is 20.7 Å². The molecule has 0 radical (unpaired) electrons. The predicted octanol–water partition coefficient (Wildman–Crippen LogP) is -1.37. The van der Waals surface area contributed by atoms with Gasteiger partial charge in [0.2, 0.25) is 0 Å². The first kappa shape index (κ1) is 16.2. The molecule has 0 saturated carbocycles. The smallest absolute Gasteiger partial charge is 0.325 e. The number of carbonyl (C=O) groups is 2. The lowest BCUT2D eigenvalue weighted by Gasteiger charge is -2.07. The molecule has 23 heavy (non-hydrogen) atoms. The fourth-order valence-electron chi connectivity index (χ4n) is 1.94. The first-order valence-corrected chi connectivity index (χ1v) is 6.79. The lowest BCUT2D eigenvalue weighted by molar-refractivity contribution is -0.136. The number of hydrogen-bond donors (Lipinski definition) is 4. The van der Waals surface area contributed by atoms with E-state index in [-0.39, 0.29) is 12.2 Å². The molecule has 0 saturated heterocycles. The minimum absolute atomic E-state index is 0.205. The van der Waals surface area contributed by atoms with Gasteiger partial charge in [0.05, 0.1) is 12.2 Å². The molecule has 0 spiro atoms. The highest BCUT2D eigenvalue weighted by molar-refractivity contribution is 6.39. The van der Waals surface area contributed by atoms with Crippen LogP contribution in [0, 0.1) is 13.8 Å². The van der Waals surface area contributed by atoms with Crippen molar-refractivity contribution in [3.63, 3.8) is 0 Å². The highest BCUT2D eigenvalue weighted by Crippen LogP contribution is 2.00. The number of carbonyl (C=O) groups excluding carboxylic acids is 2. The number of aromatic nitrogens is 4. The highest BCUT2D eigenvalue weighted by Gasteiger charge is 2.15. The molecule has 0 fully saturated rings. The van der Waals surface area contributed by atoms with E-state index in [9.17, 15) is 19.2 Å². The quantitative estimate of drug-likeness (QED) is 0.514. The second-order valence-corrected chi connectivity index (χ2v) is 4.85. The second kappa shape index (κ2) is 6.73. The van der Waals surface area contributed by atoms with Gasteiger partial charge in [0.15, 0.2) is 0 Å². The van der Waals surface area contributed by atoms with Crippen LogP contribution in [0.3, 0.4) is 0 Å². The van der Waals surface area contributed by atoms with Crippen molar-refractivity contribution >= 4 is 17.5 Å². The van der Waals surface area contributed by atoms with Crippen LogP contribution in [0.4, 0.5) is 5.69 Å². The lowest BCUT2D eigenvalue weighted by atomic mass is 10.4. The van der Waals surface area contributed by atoms with Crippen molar-refractivity contribution in [3.8, 4) is 0 Å². The monoisotopic (exact) mass is 320 g/mol. The molecule has 0 aliphatic heterocycles. The zero-order chi connectivity index (χ0) is 17.0. The number of nitrogens with zero attached hydrogens (tertiary/aromatic N) is 2. The summed E-state index contributed by atoms with van der Waals surface area (Å²) in [6.45, 7) is 4.36. The van der Waals surface area contributed by atoms with Gasteiger partial charge >= 0.3 is 17.5 Å². The maximum absolute atomic E-state index is 11.7. The molecular formula is C13H16N6O4. The number of nitrogens with one attached hydrogen (secondary N) is 4. The van der Waals surface area contributed by atoms with Crippen molar-refractivity contribution in [2.75, 3.05) is 11.9 Å². The zero-order valence-corrected chi connectivity index (χ0v) is 12.6. The summed E-state index contributed by atoms with van der Waals surface area (Å²) < 4.78 is 1.71. The third-order valence-corrected chi connectivity index (χ3v) is 2.99.